The van der Waals surface area contributed by atoms with Crippen molar-refractivity contribution in [2.75, 3.05) is 10.5 Å². The smallest absolute Gasteiger partial charge is 0.392 e. The lowest BCUT2D eigenvalue weighted by molar-refractivity contribution is -0.284. The van der Waals surface area contributed by atoms with Crippen LogP contribution < -0.4 is 10.4 Å². The summed E-state index contributed by atoms with van der Waals surface area (Å²) in [6, 6.07) is 5.34. The minimum Gasteiger partial charge on any atom is -0.392 e. The van der Waals surface area contributed by atoms with Gasteiger partial charge in [0.05, 0.1) is 15.7 Å². The summed E-state index contributed by atoms with van der Waals surface area (Å²) >= 11 is 2.08. The Labute approximate surface area is 205 Å². The van der Waals surface area contributed by atoms with E-state index >= 15 is 0 Å². The maximum atomic E-state index is 13.2. The fraction of sp³-hybridized carbons (Fsp3) is 0.400. The van der Waals surface area contributed by atoms with Gasteiger partial charge in [0.15, 0.2) is 5.82 Å². The molecule has 3 rings (SSSR count). The third-order valence-corrected chi connectivity index (χ3v) is 8.95. The zero-order valence-corrected chi connectivity index (χ0v) is 20.8. The highest BCUT2D eigenvalue weighted by Crippen LogP contribution is 2.41. The van der Waals surface area contributed by atoms with Crippen molar-refractivity contribution in [2.45, 2.75) is 54.5 Å². The number of nitrogens with one attached hydrogen (secondary N) is 1. The van der Waals surface area contributed by atoms with E-state index in [0.717, 1.165) is 23.1 Å². The van der Waals surface area contributed by atoms with Gasteiger partial charge < -0.3 is 5.11 Å². The minimum absolute atomic E-state index is 0.0891. The molecular formula is C20H20F5N3O4S3. The highest BCUT2D eigenvalue weighted by atomic mass is 32.2. The number of thioether (sulfide) groups is 1. The molecule has 0 saturated carbocycles. The Morgan fingerprint density at radius 3 is 2.34 bits per heavy atom. The van der Waals surface area contributed by atoms with Gasteiger partial charge in [-0.1, -0.05) is 12.1 Å². The normalized spacial score (nSPS) is 12.9. The van der Waals surface area contributed by atoms with Crippen LogP contribution in [0.25, 0.3) is 5.69 Å². The number of sulfonamides is 1. The van der Waals surface area contributed by atoms with Crippen molar-refractivity contribution in [1.29, 1.82) is 0 Å². The molecule has 2 aliphatic heterocycles. The van der Waals surface area contributed by atoms with E-state index in [4.69, 9.17) is 5.11 Å². The minimum atomic E-state index is -5.64. The Morgan fingerprint density at radius 1 is 1.14 bits per heavy atom. The van der Waals surface area contributed by atoms with Crippen LogP contribution in [0.4, 0.5) is 27.8 Å². The highest BCUT2D eigenvalue weighted by Gasteiger charge is 2.56. The molecule has 0 unspecified atom stereocenters. The first-order valence-electron chi connectivity index (χ1n) is 10.0. The van der Waals surface area contributed by atoms with E-state index in [2.05, 4.69) is 9.71 Å². The molecule has 2 heterocycles. The highest BCUT2D eigenvalue weighted by molar-refractivity contribution is 8.01. The van der Waals surface area contributed by atoms with Crippen molar-refractivity contribution >= 4 is 38.9 Å². The quantitative estimate of drug-likeness (QED) is 0.225. The number of alkyl halides is 5. The van der Waals surface area contributed by atoms with Crippen LogP contribution in [-0.2, 0) is 16.6 Å². The van der Waals surface area contributed by atoms with Crippen molar-refractivity contribution in [3.05, 3.63) is 50.9 Å². The second-order valence-electron chi connectivity index (χ2n) is 7.52. The second-order valence-corrected chi connectivity index (χ2v) is 11.8. The SMILES string of the molecule is Cc1sc(SCCCC(F)(F)C(F)(F)F)c2c(NS(=O)(=O)c3ccc(CO)cc3)nc(=O)n-2c1C. The first-order chi connectivity index (χ1) is 16.2. The van der Waals surface area contributed by atoms with Gasteiger partial charge in [-0.05, 0) is 43.7 Å². The molecule has 0 aromatic heterocycles. The predicted octanol–water partition coefficient (Wildman–Crippen LogP) is 4.71. The van der Waals surface area contributed by atoms with Gasteiger partial charge in [-0.25, -0.2) is 13.2 Å². The molecule has 7 nitrogen and oxygen atoms in total. The molecule has 0 spiro atoms. The van der Waals surface area contributed by atoms with E-state index in [1.807, 2.05) is 0 Å². The van der Waals surface area contributed by atoms with Crippen LogP contribution in [0.15, 0.2) is 38.2 Å². The maximum Gasteiger partial charge on any atom is 0.453 e. The molecule has 1 aromatic carbocycles. The Hall–Kier alpha value is -2.23. The molecule has 0 amide bonds. The summed E-state index contributed by atoms with van der Waals surface area (Å²) in [6.07, 6.45) is -7.51. The first kappa shape index (κ1) is 27.4. The number of fused-ring (bicyclic) bond motifs is 1. The number of anilines is 1. The van der Waals surface area contributed by atoms with Gasteiger partial charge >= 0.3 is 17.8 Å². The van der Waals surface area contributed by atoms with Gasteiger partial charge in [-0.15, -0.1) is 23.1 Å². The number of benzene rings is 1. The number of aromatic nitrogens is 2. The molecule has 0 fully saturated rings. The molecule has 0 atom stereocenters. The summed E-state index contributed by atoms with van der Waals surface area (Å²) in [5, 5.41) is 9.13. The molecule has 0 saturated heterocycles. The van der Waals surface area contributed by atoms with E-state index in [-0.39, 0.29) is 28.8 Å². The van der Waals surface area contributed by atoms with Gasteiger partial charge in [0.2, 0.25) is 0 Å². The largest absolute Gasteiger partial charge is 0.453 e. The first-order valence-corrected chi connectivity index (χ1v) is 13.3. The lowest BCUT2D eigenvalue weighted by Gasteiger charge is -2.19. The summed E-state index contributed by atoms with van der Waals surface area (Å²) < 4.78 is 93.1. The molecule has 2 N–H and O–H groups in total. The summed E-state index contributed by atoms with van der Waals surface area (Å²) in [5.74, 6) is -5.24. The topological polar surface area (TPSA) is 101 Å². The molecule has 15 heteroatoms. The van der Waals surface area contributed by atoms with E-state index < -0.39 is 40.7 Å². The van der Waals surface area contributed by atoms with Crippen LogP contribution in [0.1, 0.15) is 29.0 Å². The number of halogens is 5. The van der Waals surface area contributed by atoms with Crippen LogP contribution in [0, 0.1) is 13.8 Å². The van der Waals surface area contributed by atoms with E-state index in [9.17, 15) is 35.2 Å². The van der Waals surface area contributed by atoms with Gasteiger partial charge in [0.25, 0.3) is 10.0 Å². The van der Waals surface area contributed by atoms with Crippen molar-refractivity contribution in [3.63, 3.8) is 0 Å². The summed E-state index contributed by atoms with van der Waals surface area (Å²) in [5.41, 5.74) is 0.285. The molecule has 0 bridgehead atoms. The standard InChI is InChI=1S/C20H20F5N3O4S3/c1-11-12(2)34-17(33-9-3-8-19(21,22)20(23,24)25)15-16(26-18(30)28(11)15)27-35(31,32)14-6-4-13(10-29)5-7-14/h4-7,29H,3,8-10H2,1-2H3,(H,26,27,30). The average molecular weight is 558 g/mol. The van der Waals surface area contributed by atoms with Gasteiger partial charge in [0.1, 0.15) is 5.69 Å². The number of imidazole rings is 1. The van der Waals surface area contributed by atoms with E-state index in [1.54, 1.807) is 13.8 Å². The third kappa shape index (κ3) is 5.78. The van der Waals surface area contributed by atoms with Crippen LogP contribution in [0.2, 0.25) is 0 Å². The lowest BCUT2D eigenvalue weighted by atomic mass is 10.2. The Bertz CT molecular complexity index is 1340. The number of aliphatic hydroxyl groups excluding tert-OH is 1. The van der Waals surface area contributed by atoms with Crippen molar-refractivity contribution in [2.24, 2.45) is 0 Å². The predicted molar refractivity (Wildman–Crippen MR) is 123 cm³/mol. The molecule has 192 valence electrons. The van der Waals surface area contributed by atoms with Crippen LogP contribution in [0.3, 0.4) is 0 Å². The van der Waals surface area contributed by atoms with E-state index in [1.165, 1.54) is 28.8 Å². The van der Waals surface area contributed by atoms with Gasteiger partial charge in [0, 0.05) is 17.0 Å². The Balaban J connectivity index is 1.92. The van der Waals surface area contributed by atoms with Crippen molar-refractivity contribution in [1.82, 2.24) is 9.55 Å². The van der Waals surface area contributed by atoms with Crippen molar-refractivity contribution < 1.29 is 35.5 Å². The number of rotatable bonds is 9. The molecule has 0 aliphatic carbocycles. The number of hydrogen-bond donors (Lipinski definition) is 2. The number of hydrogen-bond acceptors (Lipinski definition) is 7. The lowest BCUT2D eigenvalue weighted by Crippen LogP contribution is -2.36. The molecule has 2 aliphatic rings. The van der Waals surface area contributed by atoms with E-state index in [0.29, 0.717) is 20.3 Å². The fourth-order valence-electron chi connectivity index (χ4n) is 3.05. The molecular weight excluding hydrogens is 537 g/mol. The summed E-state index contributed by atoms with van der Waals surface area (Å²) in [6.45, 7) is 3.02. The number of nitrogens with zero attached hydrogens (tertiary/aromatic N) is 2. The number of aryl methyl sites for hydroxylation is 1. The van der Waals surface area contributed by atoms with Crippen molar-refractivity contribution in [3.8, 4) is 5.69 Å². The second kappa shape index (κ2) is 10.0. The Morgan fingerprint density at radius 2 is 1.77 bits per heavy atom. The Kier molecular flexibility index (Phi) is 7.84. The summed E-state index contributed by atoms with van der Waals surface area (Å²) in [4.78, 5) is 16.9. The van der Waals surface area contributed by atoms with Crippen LogP contribution in [-0.4, -0.2) is 40.9 Å². The molecule has 1 aromatic rings. The zero-order chi connectivity index (χ0) is 26.2. The maximum absolute atomic E-state index is 13.2. The third-order valence-electron chi connectivity index (χ3n) is 5.06. The molecule has 0 radical (unpaired) electrons. The van der Waals surface area contributed by atoms with Gasteiger partial charge in [-0.3, -0.25) is 9.29 Å². The van der Waals surface area contributed by atoms with Gasteiger partial charge in [-0.2, -0.15) is 26.9 Å². The summed E-state index contributed by atoms with van der Waals surface area (Å²) in [7, 11) is -4.19. The zero-order valence-electron chi connectivity index (χ0n) is 18.3. The average Bonchev–Trinajstić information content (AvgIpc) is 3.09. The van der Waals surface area contributed by atoms with Crippen LogP contribution >= 0.6 is 23.1 Å². The number of aliphatic hydroxyl groups is 1. The fourth-order valence-corrected chi connectivity index (χ4v) is 6.52. The monoisotopic (exact) mass is 557 g/mol. The van der Waals surface area contributed by atoms with Crippen LogP contribution in [0.5, 0.6) is 0 Å². The molecule has 35 heavy (non-hydrogen) atoms.